The Bertz CT molecular complexity index is 1450. The van der Waals surface area contributed by atoms with Gasteiger partial charge >= 0.3 is 29.6 Å². The number of Topliss-reactive ketones (excluding diaryl/α,β-unsaturated/α-hetero) is 1. The minimum absolute atomic E-state index is 0. The van der Waals surface area contributed by atoms with E-state index in [4.69, 9.17) is 14.2 Å². The van der Waals surface area contributed by atoms with E-state index < -0.39 is 11.8 Å². The summed E-state index contributed by atoms with van der Waals surface area (Å²) in [6.07, 6.45) is -0.00609. The first-order valence-corrected chi connectivity index (χ1v) is 11.3. The molecule has 0 aliphatic heterocycles. The second kappa shape index (κ2) is 12.1. The van der Waals surface area contributed by atoms with Crippen LogP contribution in [-0.4, -0.2) is 41.8 Å². The predicted molar refractivity (Wildman–Crippen MR) is 130 cm³/mol. The number of carbonyl (C=O) groups excluding carboxylic acids is 2. The van der Waals surface area contributed by atoms with Crippen LogP contribution in [0.25, 0.3) is 16.6 Å². The number of aliphatic carboxylic acids is 1. The second-order valence-electron chi connectivity index (χ2n) is 7.50. The average Bonchev–Trinajstić information content (AvgIpc) is 3.35. The van der Waals surface area contributed by atoms with Crippen LogP contribution in [0.15, 0.2) is 66.2 Å². The molecule has 0 fully saturated rings. The van der Waals surface area contributed by atoms with E-state index in [1.54, 1.807) is 54.6 Å². The Balaban J connectivity index is 0.00000361. The maximum absolute atomic E-state index is 13.8. The molecule has 0 atom stereocenters. The van der Waals surface area contributed by atoms with E-state index in [9.17, 15) is 14.7 Å². The van der Waals surface area contributed by atoms with Crippen molar-refractivity contribution in [3.8, 4) is 17.2 Å². The molecule has 0 N–H and O–H groups in total. The van der Waals surface area contributed by atoms with E-state index >= 15 is 0 Å². The Labute approximate surface area is 234 Å². The van der Waals surface area contributed by atoms with Gasteiger partial charge in [-0.25, -0.2) is 0 Å². The van der Waals surface area contributed by atoms with E-state index in [2.05, 4.69) is 8.75 Å². The van der Waals surface area contributed by atoms with Gasteiger partial charge in [0, 0.05) is 23.1 Å². The number of fused-ring (bicyclic) bond motifs is 1. The average molecular weight is 513 g/mol. The van der Waals surface area contributed by atoms with Crippen molar-refractivity contribution < 1.29 is 58.5 Å². The van der Waals surface area contributed by atoms with Crippen LogP contribution < -0.4 is 48.9 Å². The molecule has 10 heteroatoms. The van der Waals surface area contributed by atoms with Crippen LogP contribution >= 0.6 is 11.7 Å². The first-order valence-electron chi connectivity index (χ1n) is 10.5. The van der Waals surface area contributed by atoms with Crippen molar-refractivity contribution in [2.24, 2.45) is 0 Å². The van der Waals surface area contributed by atoms with Crippen LogP contribution in [0.3, 0.4) is 0 Å². The molecule has 8 nitrogen and oxygen atoms in total. The SMILES string of the molecule is COc1ccccc1CC(C(=O)c1ccc(OC)c(OC)c1)=C(C(=O)[O-])c1ccc2nsnc2c1.[Na+]. The zero-order valence-electron chi connectivity index (χ0n) is 20.2. The molecule has 4 aromatic rings. The summed E-state index contributed by atoms with van der Waals surface area (Å²) in [5.74, 6) is -0.651. The van der Waals surface area contributed by atoms with Crippen LogP contribution in [0.1, 0.15) is 21.5 Å². The number of hydrogen-bond donors (Lipinski definition) is 0. The number of carboxylic acid groups (broad SMARTS) is 1. The Hall–Kier alpha value is -3.24. The third kappa shape index (κ3) is 5.60. The monoisotopic (exact) mass is 512 g/mol. The number of carboxylic acids is 1. The minimum Gasteiger partial charge on any atom is -0.545 e. The van der Waals surface area contributed by atoms with Crippen LogP contribution in [0, 0.1) is 0 Å². The summed E-state index contributed by atoms with van der Waals surface area (Å²) in [6, 6.07) is 16.6. The van der Waals surface area contributed by atoms with Gasteiger partial charge in [0.05, 0.1) is 39.0 Å². The number of para-hydroxylation sites is 1. The molecule has 0 saturated carbocycles. The molecule has 3 aromatic carbocycles. The van der Waals surface area contributed by atoms with Crippen molar-refractivity contribution in [1.82, 2.24) is 8.75 Å². The Kier molecular flexibility index (Phi) is 9.22. The minimum atomic E-state index is -1.48. The van der Waals surface area contributed by atoms with Gasteiger partial charge in [0.25, 0.3) is 0 Å². The van der Waals surface area contributed by atoms with E-state index in [-0.39, 0.29) is 52.7 Å². The van der Waals surface area contributed by atoms with Gasteiger partial charge in [-0.05, 0) is 47.5 Å². The number of rotatable bonds is 9. The fourth-order valence-electron chi connectivity index (χ4n) is 3.83. The summed E-state index contributed by atoms with van der Waals surface area (Å²) in [5, 5.41) is 12.5. The molecule has 0 aliphatic carbocycles. The molecule has 1 aromatic heterocycles. The van der Waals surface area contributed by atoms with Crippen molar-refractivity contribution >= 4 is 40.1 Å². The van der Waals surface area contributed by atoms with Crippen molar-refractivity contribution in [3.05, 3.63) is 82.9 Å². The van der Waals surface area contributed by atoms with Crippen molar-refractivity contribution in [2.45, 2.75) is 6.42 Å². The third-order valence-electron chi connectivity index (χ3n) is 5.53. The predicted octanol–water partition coefficient (Wildman–Crippen LogP) is 0.350. The van der Waals surface area contributed by atoms with Crippen LogP contribution in [-0.2, 0) is 11.2 Å². The van der Waals surface area contributed by atoms with Gasteiger partial charge in [-0.3, -0.25) is 4.79 Å². The molecule has 36 heavy (non-hydrogen) atoms. The largest absolute Gasteiger partial charge is 1.00 e. The Morgan fingerprint density at radius 2 is 1.47 bits per heavy atom. The van der Waals surface area contributed by atoms with Gasteiger partial charge in [0.15, 0.2) is 17.3 Å². The van der Waals surface area contributed by atoms with E-state index in [1.807, 2.05) is 0 Å². The van der Waals surface area contributed by atoms with Crippen LogP contribution in [0.5, 0.6) is 17.2 Å². The number of ether oxygens (including phenoxy) is 3. The summed E-state index contributed by atoms with van der Waals surface area (Å²) < 4.78 is 24.4. The Morgan fingerprint density at radius 3 is 2.17 bits per heavy atom. The maximum Gasteiger partial charge on any atom is 1.00 e. The van der Waals surface area contributed by atoms with Crippen molar-refractivity contribution in [2.75, 3.05) is 21.3 Å². The van der Waals surface area contributed by atoms with Crippen molar-refractivity contribution in [3.63, 3.8) is 0 Å². The molecule has 1 heterocycles. The number of aromatic nitrogens is 2. The second-order valence-corrected chi connectivity index (χ2v) is 8.02. The molecule has 0 unspecified atom stereocenters. The van der Waals surface area contributed by atoms with E-state index in [0.29, 0.717) is 39.4 Å². The molecule has 0 radical (unpaired) electrons. The van der Waals surface area contributed by atoms with Gasteiger partial charge in [-0.2, -0.15) is 8.75 Å². The topological polar surface area (TPSA) is 111 Å². The number of ketones is 1. The smallest absolute Gasteiger partial charge is 0.545 e. The van der Waals surface area contributed by atoms with E-state index in [0.717, 1.165) is 11.7 Å². The van der Waals surface area contributed by atoms with Crippen LogP contribution in [0.2, 0.25) is 0 Å². The number of carbonyl (C=O) groups is 2. The van der Waals surface area contributed by atoms with Gasteiger partial charge < -0.3 is 24.1 Å². The van der Waals surface area contributed by atoms with Gasteiger partial charge in [-0.1, -0.05) is 24.3 Å². The summed E-state index contributed by atoms with van der Waals surface area (Å²) in [5.41, 5.74) is 2.14. The third-order valence-corrected chi connectivity index (χ3v) is 6.08. The van der Waals surface area contributed by atoms with Crippen LogP contribution in [0.4, 0.5) is 0 Å². The first kappa shape index (κ1) is 27.3. The summed E-state index contributed by atoms with van der Waals surface area (Å²) in [6.45, 7) is 0. The molecular weight excluding hydrogens is 491 g/mol. The molecular formula is C26H21N2NaO6S. The molecule has 178 valence electrons. The quantitative estimate of drug-likeness (QED) is 0.180. The molecule has 0 saturated heterocycles. The first-order chi connectivity index (χ1) is 17.0. The number of allylic oxidation sites excluding steroid dienone is 1. The normalized spacial score (nSPS) is 11.3. The van der Waals surface area contributed by atoms with Gasteiger partial charge in [0.1, 0.15) is 16.8 Å². The zero-order valence-corrected chi connectivity index (χ0v) is 23.0. The van der Waals surface area contributed by atoms with Crippen molar-refractivity contribution in [1.29, 1.82) is 0 Å². The van der Waals surface area contributed by atoms with E-state index in [1.165, 1.54) is 27.4 Å². The molecule has 0 spiro atoms. The number of nitrogens with zero attached hydrogens (tertiary/aromatic N) is 2. The molecule has 4 rings (SSSR count). The molecule has 0 aliphatic rings. The standard InChI is InChI=1S/C26H22N2O6S.Na/c1-32-21-7-5-4-6-15(21)12-18(25(29)17-9-11-22(33-2)23(14-17)34-3)24(26(30)31)16-8-10-19-20(13-16)28-35-27-19;/h4-11,13-14H,12H2,1-3H3,(H,30,31);/q;+1/p-1. The summed E-state index contributed by atoms with van der Waals surface area (Å²) in [4.78, 5) is 26.3. The Morgan fingerprint density at radius 1 is 0.806 bits per heavy atom. The molecule has 0 amide bonds. The fourth-order valence-corrected chi connectivity index (χ4v) is 4.34. The molecule has 0 bridgehead atoms. The summed E-state index contributed by atoms with van der Waals surface area (Å²) in [7, 11) is 4.46. The summed E-state index contributed by atoms with van der Waals surface area (Å²) >= 11 is 1.02. The van der Waals surface area contributed by atoms with Gasteiger partial charge in [0.2, 0.25) is 0 Å². The zero-order chi connectivity index (χ0) is 24.9. The van der Waals surface area contributed by atoms with Gasteiger partial charge in [-0.15, -0.1) is 0 Å². The number of methoxy groups -OCH3 is 3. The number of hydrogen-bond acceptors (Lipinski definition) is 9. The number of benzene rings is 3. The fraction of sp³-hybridized carbons (Fsp3) is 0.154. The maximum atomic E-state index is 13.8.